The zero-order chi connectivity index (χ0) is 10.3. The van der Waals surface area contributed by atoms with Crippen LogP contribution in [0.5, 0.6) is 5.75 Å². The fourth-order valence-corrected chi connectivity index (χ4v) is 2.04. The number of ether oxygens (including phenoxy) is 1. The van der Waals surface area contributed by atoms with Gasteiger partial charge in [-0.15, -0.1) is 0 Å². The molecule has 3 rings (SSSR count). The maximum Gasteiger partial charge on any atom is 0.423 e. The molecule has 0 heterocycles. The Labute approximate surface area is 87.1 Å². The van der Waals surface area contributed by atoms with Crippen molar-refractivity contribution in [2.45, 2.75) is 0 Å². The number of carbonyl (C=O) groups excluding carboxylic acids is 1. The lowest BCUT2D eigenvalue weighted by Crippen LogP contribution is -2.01. The molecular formula is C13H7O2. The van der Waals surface area contributed by atoms with Crippen LogP contribution in [0.1, 0.15) is 0 Å². The van der Waals surface area contributed by atoms with Crippen molar-refractivity contribution in [2.24, 2.45) is 0 Å². The van der Waals surface area contributed by atoms with Crippen molar-refractivity contribution in [3.05, 3.63) is 42.5 Å². The van der Waals surface area contributed by atoms with Crippen LogP contribution in [-0.4, -0.2) is 6.47 Å². The summed E-state index contributed by atoms with van der Waals surface area (Å²) >= 11 is 0. The van der Waals surface area contributed by atoms with E-state index in [1.165, 1.54) is 12.0 Å². The largest absolute Gasteiger partial charge is 0.423 e. The molecule has 0 amide bonds. The fourth-order valence-electron chi connectivity index (χ4n) is 2.04. The summed E-state index contributed by atoms with van der Waals surface area (Å²) < 4.78 is 4.82. The van der Waals surface area contributed by atoms with Crippen molar-refractivity contribution in [1.29, 1.82) is 0 Å². The normalized spacial score (nSPS) is 10.9. The molecule has 71 valence electrons. The standard InChI is InChI=1S/C13H7O2/c14-8-15-12-7-3-6-11-9-4-1-2-5-10(9)13(11)12/h1-7H. The molecule has 0 aromatic heterocycles. The smallest absolute Gasteiger partial charge is 0.417 e. The lowest BCUT2D eigenvalue weighted by Gasteiger charge is -2.24. The molecule has 0 N–H and O–H groups in total. The highest BCUT2D eigenvalue weighted by Crippen LogP contribution is 2.51. The highest BCUT2D eigenvalue weighted by Gasteiger charge is 2.25. The van der Waals surface area contributed by atoms with Gasteiger partial charge in [-0.05, 0) is 22.8 Å². The monoisotopic (exact) mass is 195 g/mol. The van der Waals surface area contributed by atoms with E-state index in [0.29, 0.717) is 5.75 Å². The van der Waals surface area contributed by atoms with E-state index in [1.807, 2.05) is 30.3 Å². The summed E-state index contributed by atoms with van der Waals surface area (Å²) in [5.41, 5.74) is 4.50. The van der Waals surface area contributed by atoms with Gasteiger partial charge in [-0.3, -0.25) is 0 Å². The highest BCUT2D eigenvalue weighted by atomic mass is 16.5. The van der Waals surface area contributed by atoms with E-state index in [0.717, 1.165) is 16.7 Å². The third-order valence-electron chi connectivity index (χ3n) is 2.66. The van der Waals surface area contributed by atoms with E-state index in [9.17, 15) is 4.79 Å². The molecule has 2 aromatic rings. The number of hydrogen-bond donors (Lipinski definition) is 0. The molecule has 0 atom stereocenters. The van der Waals surface area contributed by atoms with Gasteiger partial charge in [-0.25, -0.2) is 4.79 Å². The Morgan fingerprint density at radius 1 is 0.867 bits per heavy atom. The minimum atomic E-state index is 0.584. The quantitative estimate of drug-likeness (QED) is 0.628. The summed E-state index contributed by atoms with van der Waals surface area (Å²) in [4.78, 5) is 10.2. The number of benzene rings is 2. The minimum Gasteiger partial charge on any atom is -0.417 e. The van der Waals surface area contributed by atoms with Crippen molar-refractivity contribution in [2.75, 3.05) is 0 Å². The average molecular weight is 195 g/mol. The molecule has 0 unspecified atom stereocenters. The molecule has 1 aliphatic rings. The fraction of sp³-hybridized carbons (Fsp3) is 0. The molecular weight excluding hydrogens is 188 g/mol. The van der Waals surface area contributed by atoms with Gasteiger partial charge in [0.25, 0.3) is 0 Å². The molecule has 0 saturated heterocycles. The molecule has 1 radical (unpaired) electrons. The summed E-state index contributed by atoms with van der Waals surface area (Å²) in [6, 6.07) is 13.7. The number of rotatable bonds is 2. The Bertz CT molecular complexity index is 544. The van der Waals surface area contributed by atoms with Crippen LogP contribution in [0, 0.1) is 0 Å². The molecule has 1 aliphatic carbocycles. The summed E-state index contributed by atoms with van der Waals surface area (Å²) in [7, 11) is 0. The van der Waals surface area contributed by atoms with E-state index >= 15 is 0 Å². The highest BCUT2D eigenvalue weighted by molar-refractivity contribution is 6.05. The Hall–Kier alpha value is -2.09. The minimum absolute atomic E-state index is 0.584. The van der Waals surface area contributed by atoms with E-state index in [1.54, 1.807) is 6.07 Å². The lowest BCUT2D eigenvalue weighted by molar-refractivity contribution is 0.443. The summed E-state index contributed by atoms with van der Waals surface area (Å²) in [5, 5.41) is 0. The van der Waals surface area contributed by atoms with Crippen LogP contribution < -0.4 is 4.74 Å². The van der Waals surface area contributed by atoms with Crippen molar-refractivity contribution < 1.29 is 9.53 Å². The van der Waals surface area contributed by atoms with Crippen LogP contribution in [0.3, 0.4) is 0 Å². The third kappa shape index (κ3) is 1.02. The van der Waals surface area contributed by atoms with Gasteiger partial charge in [-0.1, -0.05) is 36.4 Å². The second-order valence-corrected chi connectivity index (χ2v) is 3.41. The summed E-state index contributed by atoms with van der Waals surface area (Å²) in [6.07, 6.45) is 0. The molecule has 2 nitrogen and oxygen atoms in total. The van der Waals surface area contributed by atoms with Crippen molar-refractivity contribution in [3.8, 4) is 28.0 Å². The molecule has 0 spiro atoms. The van der Waals surface area contributed by atoms with Crippen LogP contribution in [-0.2, 0) is 4.79 Å². The van der Waals surface area contributed by atoms with E-state index in [-0.39, 0.29) is 0 Å². The zero-order valence-corrected chi connectivity index (χ0v) is 7.86. The molecule has 2 aromatic carbocycles. The van der Waals surface area contributed by atoms with Crippen LogP contribution in [0.4, 0.5) is 0 Å². The van der Waals surface area contributed by atoms with E-state index in [4.69, 9.17) is 4.74 Å². The average Bonchev–Trinajstić information content (AvgIpc) is 2.26. The first-order valence-corrected chi connectivity index (χ1v) is 4.68. The van der Waals surface area contributed by atoms with Gasteiger partial charge < -0.3 is 4.74 Å². The Morgan fingerprint density at radius 2 is 1.60 bits per heavy atom. The first kappa shape index (κ1) is 8.24. The predicted molar refractivity (Wildman–Crippen MR) is 57.2 cm³/mol. The Balaban J connectivity index is 2.20. The van der Waals surface area contributed by atoms with Crippen molar-refractivity contribution in [3.63, 3.8) is 0 Å². The Kier molecular flexibility index (Phi) is 1.62. The molecule has 0 saturated carbocycles. The van der Waals surface area contributed by atoms with Gasteiger partial charge in [0.15, 0.2) is 0 Å². The predicted octanol–water partition coefficient (Wildman–Crippen LogP) is 2.78. The zero-order valence-electron chi connectivity index (χ0n) is 7.86. The van der Waals surface area contributed by atoms with Crippen molar-refractivity contribution in [1.82, 2.24) is 0 Å². The maximum absolute atomic E-state index is 10.2. The third-order valence-corrected chi connectivity index (χ3v) is 2.66. The van der Waals surface area contributed by atoms with Gasteiger partial charge in [0.2, 0.25) is 0 Å². The van der Waals surface area contributed by atoms with Crippen LogP contribution in [0.15, 0.2) is 42.5 Å². The van der Waals surface area contributed by atoms with Gasteiger partial charge in [0.05, 0.1) is 0 Å². The lowest BCUT2D eigenvalue weighted by atomic mass is 9.80. The topological polar surface area (TPSA) is 26.3 Å². The number of hydrogen-bond acceptors (Lipinski definition) is 2. The first-order valence-electron chi connectivity index (χ1n) is 4.68. The van der Waals surface area contributed by atoms with Gasteiger partial charge in [-0.2, -0.15) is 0 Å². The molecule has 15 heavy (non-hydrogen) atoms. The van der Waals surface area contributed by atoms with Crippen LogP contribution in [0.25, 0.3) is 22.3 Å². The maximum atomic E-state index is 10.2. The molecule has 0 aliphatic heterocycles. The molecule has 0 fully saturated rings. The number of fused-ring (bicyclic) bond motifs is 4. The molecule has 2 heteroatoms. The van der Waals surface area contributed by atoms with Crippen LogP contribution in [0.2, 0.25) is 0 Å². The second kappa shape index (κ2) is 2.95. The van der Waals surface area contributed by atoms with Crippen molar-refractivity contribution >= 4 is 6.47 Å². The van der Waals surface area contributed by atoms with Gasteiger partial charge >= 0.3 is 6.47 Å². The van der Waals surface area contributed by atoms with Crippen LogP contribution >= 0.6 is 0 Å². The second-order valence-electron chi connectivity index (χ2n) is 3.41. The van der Waals surface area contributed by atoms with E-state index < -0.39 is 0 Å². The van der Waals surface area contributed by atoms with Gasteiger partial charge in [0, 0.05) is 5.56 Å². The summed E-state index contributed by atoms with van der Waals surface area (Å²) in [6.45, 7) is 1.47. The first-order chi connectivity index (χ1) is 7.42. The summed E-state index contributed by atoms with van der Waals surface area (Å²) in [5.74, 6) is 0.584. The molecule has 0 bridgehead atoms. The SMILES string of the molecule is O=[C]Oc1cccc2c1-c1ccccc1-2. The Morgan fingerprint density at radius 3 is 2.40 bits per heavy atom. The van der Waals surface area contributed by atoms with E-state index in [2.05, 4.69) is 6.07 Å². The van der Waals surface area contributed by atoms with Gasteiger partial charge in [0.1, 0.15) is 5.75 Å².